The van der Waals surface area contributed by atoms with Gasteiger partial charge >= 0.3 is 0 Å². The first-order valence-electron chi connectivity index (χ1n) is 8.01. The molecule has 0 radical (unpaired) electrons. The van der Waals surface area contributed by atoms with Gasteiger partial charge in [-0.3, -0.25) is 14.2 Å². The normalized spacial score (nSPS) is 10.8. The highest BCUT2D eigenvalue weighted by Crippen LogP contribution is 2.30. The molecule has 5 nitrogen and oxygen atoms in total. The second kappa shape index (κ2) is 7.44. The molecule has 3 rings (SSSR count). The van der Waals surface area contributed by atoms with Crippen molar-refractivity contribution in [3.05, 3.63) is 64.5 Å². The number of aromatic nitrogens is 2. The number of nitrogens with zero attached hydrogens (tertiary/aromatic N) is 2. The van der Waals surface area contributed by atoms with E-state index in [0.29, 0.717) is 23.3 Å². The third-order valence-electron chi connectivity index (χ3n) is 3.95. The van der Waals surface area contributed by atoms with E-state index in [9.17, 15) is 9.59 Å². The summed E-state index contributed by atoms with van der Waals surface area (Å²) in [7, 11) is 0. The highest BCUT2D eigenvalue weighted by atomic mass is 32.1. The number of fused-ring (bicyclic) bond motifs is 1. The molecule has 0 unspecified atom stereocenters. The lowest BCUT2D eigenvalue weighted by Crippen LogP contribution is -2.27. The number of carbonyl (C=O) groups excluding carboxylic acids is 1. The molecule has 0 saturated heterocycles. The zero-order valence-electron chi connectivity index (χ0n) is 14.0. The number of hydrogen-bond acceptors (Lipinski definition) is 4. The zero-order chi connectivity index (χ0) is 17.8. The Bertz CT molecular complexity index is 970. The van der Waals surface area contributed by atoms with Gasteiger partial charge in [-0.05, 0) is 12.5 Å². The topological polar surface area (TPSA) is 64.0 Å². The van der Waals surface area contributed by atoms with Gasteiger partial charge in [0.15, 0.2) is 0 Å². The Labute approximate surface area is 149 Å². The summed E-state index contributed by atoms with van der Waals surface area (Å²) in [6, 6.07) is 8.07. The van der Waals surface area contributed by atoms with E-state index < -0.39 is 0 Å². The van der Waals surface area contributed by atoms with Gasteiger partial charge in [0.25, 0.3) is 5.56 Å². The molecule has 0 atom stereocenters. The standard InChI is InChI=1S/C19H19N3O2S/c1-3-9-20-16(23)8-10-22-12-21-18-17(19(22)24)15(11-25-18)14-6-4-13(2)5-7-14/h3-7,11-12H,1,8-10H2,2H3,(H,20,23). The molecule has 2 heterocycles. The molecule has 0 spiro atoms. The SMILES string of the molecule is C=CCNC(=O)CCn1cnc2scc(-c3ccc(C)cc3)c2c1=O. The van der Waals surface area contributed by atoms with Crippen LogP contribution in [-0.4, -0.2) is 22.0 Å². The fourth-order valence-corrected chi connectivity index (χ4v) is 3.48. The van der Waals surface area contributed by atoms with Crippen LogP contribution in [0.3, 0.4) is 0 Å². The van der Waals surface area contributed by atoms with E-state index in [1.165, 1.54) is 27.8 Å². The highest BCUT2D eigenvalue weighted by molar-refractivity contribution is 7.17. The number of thiophene rings is 1. The molecule has 1 aromatic carbocycles. The first-order valence-corrected chi connectivity index (χ1v) is 8.89. The van der Waals surface area contributed by atoms with Crippen molar-refractivity contribution in [1.29, 1.82) is 0 Å². The van der Waals surface area contributed by atoms with Crippen molar-refractivity contribution in [1.82, 2.24) is 14.9 Å². The molecule has 25 heavy (non-hydrogen) atoms. The number of aryl methyl sites for hydroxylation is 2. The molecular weight excluding hydrogens is 334 g/mol. The predicted molar refractivity (Wildman–Crippen MR) is 102 cm³/mol. The monoisotopic (exact) mass is 353 g/mol. The molecular formula is C19H19N3O2S. The molecule has 0 aliphatic carbocycles. The Morgan fingerprint density at radius 2 is 2.12 bits per heavy atom. The van der Waals surface area contributed by atoms with E-state index in [0.717, 1.165) is 11.1 Å². The van der Waals surface area contributed by atoms with Crippen LogP contribution >= 0.6 is 11.3 Å². The number of benzene rings is 1. The minimum Gasteiger partial charge on any atom is -0.353 e. The summed E-state index contributed by atoms with van der Waals surface area (Å²) in [6.45, 7) is 6.31. The minimum absolute atomic E-state index is 0.113. The van der Waals surface area contributed by atoms with Crippen LogP contribution in [0.15, 0.2) is 53.4 Å². The van der Waals surface area contributed by atoms with Gasteiger partial charge in [-0.25, -0.2) is 4.98 Å². The largest absolute Gasteiger partial charge is 0.353 e. The van der Waals surface area contributed by atoms with E-state index in [4.69, 9.17) is 0 Å². The molecule has 6 heteroatoms. The van der Waals surface area contributed by atoms with E-state index in [-0.39, 0.29) is 17.9 Å². The molecule has 1 N–H and O–H groups in total. The fraction of sp³-hybridized carbons (Fsp3) is 0.211. The van der Waals surface area contributed by atoms with Crippen molar-refractivity contribution in [2.45, 2.75) is 19.9 Å². The van der Waals surface area contributed by atoms with E-state index >= 15 is 0 Å². The Hall–Kier alpha value is -2.73. The molecule has 0 bridgehead atoms. The summed E-state index contributed by atoms with van der Waals surface area (Å²) in [5, 5.41) is 5.28. The summed E-state index contributed by atoms with van der Waals surface area (Å²) >= 11 is 1.46. The van der Waals surface area contributed by atoms with Crippen molar-refractivity contribution < 1.29 is 4.79 Å². The Morgan fingerprint density at radius 1 is 1.36 bits per heavy atom. The maximum Gasteiger partial charge on any atom is 0.262 e. The van der Waals surface area contributed by atoms with E-state index in [1.54, 1.807) is 6.08 Å². The van der Waals surface area contributed by atoms with Gasteiger partial charge in [0.1, 0.15) is 4.83 Å². The number of nitrogens with one attached hydrogen (secondary N) is 1. The first-order chi connectivity index (χ1) is 12.1. The van der Waals surface area contributed by atoms with E-state index in [2.05, 4.69) is 16.9 Å². The lowest BCUT2D eigenvalue weighted by molar-refractivity contribution is -0.121. The van der Waals surface area contributed by atoms with Crippen LogP contribution < -0.4 is 10.9 Å². The van der Waals surface area contributed by atoms with Crippen molar-refractivity contribution in [2.24, 2.45) is 0 Å². The van der Waals surface area contributed by atoms with E-state index in [1.807, 2.05) is 36.6 Å². The van der Waals surface area contributed by atoms with Crippen LogP contribution in [0.1, 0.15) is 12.0 Å². The number of hydrogen-bond donors (Lipinski definition) is 1. The summed E-state index contributed by atoms with van der Waals surface area (Å²) in [4.78, 5) is 29.7. The van der Waals surface area contributed by atoms with Crippen LogP contribution in [0.2, 0.25) is 0 Å². The van der Waals surface area contributed by atoms with Crippen molar-refractivity contribution in [3.8, 4) is 11.1 Å². The van der Waals surface area contributed by atoms with Crippen LogP contribution in [0.4, 0.5) is 0 Å². The lowest BCUT2D eigenvalue weighted by Gasteiger charge is -2.06. The summed E-state index contributed by atoms with van der Waals surface area (Å²) in [6.07, 6.45) is 3.36. The number of carbonyl (C=O) groups is 1. The molecule has 0 saturated carbocycles. The molecule has 2 aromatic heterocycles. The molecule has 0 fully saturated rings. The summed E-state index contributed by atoms with van der Waals surface area (Å²) in [5.74, 6) is -0.115. The van der Waals surface area contributed by atoms with Crippen molar-refractivity contribution in [3.63, 3.8) is 0 Å². The van der Waals surface area contributed by atoms with Gasteiger partial charge in [0.05, 0.1) is 11.7 Å². The zero-order valence-corrected chi connectivity index (χ0v) is 14.8. The van der Waals surface area contributed by atoms with Gasteiger partial charge in [-0.1, -0.05) is 35.9 Å². The highest BCUT2D eigenvalue weighted by Gasteiger charge is 2.13. The van der Waals surface area contributed by atoms with Gasteiger partial charge in [0, 0.05) is 30.5 Å². The second-order valence-corrected chi connectivity index (χ2v) is 6.64. The molecule has 1 amide bonds. The maximum absolute atomic E-state index is 12.9. The fourth-order valence-electron chi connectivity index (χ4n) is 2.57. The Morgan fingerprint density at radius 3 is 2.84 bits per heavy atom. The van der Waals surface area contributed by atoms with Gasteiger partial charge in [0.2, 0.25) is 5.91 Å². The molecule has 0 aliphatic heterocycles. The molecule has 0 aliphatic rings. The third-order valence-corrected chi connectivity index (χ3v) is 4.83. The maximum atomic E-state index is 12.9. The van der Waals surface area contributed by atoms with Crippen molar-refractivity contribution in [2.75, 3.05) is 6.54 Å². The smallest absolute Gasteiger partial charge is 0.262 e. The molecule has 3 aromatic rings. The first kappa shape index (κ1) is 17.1. The second-order valence-electron chi connectivity index (χ2n) is 5.78. The summed E-state index contributed by atoms with van der Waals surface area (Å²) in [5.41, 5.74) is 2.95. The van der Waals surface area contributed by atoms with Crippen molar-refractivity contribution >= 4 is 27.5 Å². The Balaban J connectivity index is 1.92. The van der Waals surface area contributed by atoms with Crippen LogP contribution in [0, 0.1) is 6.92 Å². The predicted octanol–water partition coefficient (Wildman–Crippen LogP) is 3.13. The number of rotatable bonds is 6. The summed E-state index contributed by atoms with van der Waals surface area (Å²) < 4.78 is 1.50. The lowest BCUT2D eigenvalue weighted by atomic mass is 10.1. The molecule has 128 valence electrons. The van der Waals surface area contributed by atoms with Gasteiger partial charge < -0.3 is 5.32 Å². The van der Waals surface area contributed by atoms with Gasteiger partial charge in [-0.15, -0.1) is 17.9 Å². The third kappa shape index (κ3) is 3.69. The quantitative estimate of drug-likeness (QED) is 0.693. The minimum atomic E-state index is -0.115. The average molecular weight is 353 g/mol. The van der Waals surface area contributed by atoms with Crippen LogP contribution in [-0.2, 0) is 11.3 Å². The number of amides is 1. The average Bonchev–Trinajstić information content (AvgIpc) is 3.05. The van der Waals surface area contributed by atoms with Crippen LogP contribution in [0.25, 0.3) is 21.3 Å². The van der Waals surface area contributed by atoms with Crippen LogP contribution in [0.5, 0.6) is 0 Å². The van der Waals surface area contributed by atoms with Gasteiger partial charge in [-0.2, -0.15) is 0 Å². The Kier molecular flexibility index (Phi) is 5.09.